The van der Waals surface area contributed by atoms with E-state index in [2.05, 4.69) is 20.8 Å². The average Bonchev–Trinajstić information content (AvgIpc) is 3.03. The molecule has 0 bridgehead atoms. The molecule has 134 valence electrons. The van der Waals surface area contributed by atoms with Gasteiger partial charge in [-0.25, -0.2) is 4.39 Å². The molecule has 2 amide bonds. The smallest absolute Gasteiger partial charge is 0.286 e. The van der Waals surface area contributed by atoms with Crippen molar-refractivity contribution < 1.29 is 18.7 Å². The van der Waals surface area contributed by atoms with Crippen LogP contribution >= 0.6 is 11.3 Å². The predicted molar refractivity (Wildman–Crippen MR) is 91.8 cm³/mol. The highest BCUT2D eigenvalue weighted by Gasteiger charge is 2.14. The Hall–Kier alpha value is -2.39. The summed E-state index contributed by atoms with van der Waals surface area (Å²) in [6, 6.07) is 5.65. The highest BCUT2D eigenvalue weighted by Crippen LogP contribution is 2.14. The lowest BCUT2D eigenvalue weighted by Gasteiger charge is -2.10. The van der Waals surface area contributed by atoms with Crippen LogP contribution in [-0.2, 0) is 16.1 Å². The summed E-state index contributed by atoms with van der Waals surface area (Å²) in [4.78, 5) is 23.6. The standard InChI is InChI=1S/C16H19FN4O3S/c1-3-10(2)18-13(22)8-24-9-14-20-21-16(25-14)15(23)19-12-6-4-5-11(17)7-12/h4-7,10H,3,8-9H2,1-2H3,(H,18,22)(H,19,23). The van der Waals surface area contributed by atoms with E-state index < -0.39 is 11.7 Å². The molecule has 0 radical (unpaired) electrons. The fraction of sp³-hybridized carbons (Fsp3) is 0.375. The van der Waals surface area contributed by atoms with Crippen molar-refractivity contribution in [1.82, 2.24) is 15.5 Å². The van der Waals surface area contributed by atoms with Crippen LogP contribution in [-0.4, -0.2) is 34.7 Å². The molecule has 2 aromatic rings. The molecule has 0 aliphatic carbocycles. The predicted octanol–water partition coefficient (Wildman–Crippen LogP) is 2.36. The first-order valence-corrected chi connectivity index (χ1v) is 8.56. The summed E-state index contributed by atoms with van der Waals surface area (Å²) in [6.45, 7) is 3.88. The highest BCUT2D eigenvalue weighted by molar-refractivity contribution is 7.13. The van der Waals surface area contributed by atoms with Gasteiger partial charge in [-0.2, -0.15) is 0 Å². The van der Waals surface area contributed by atoms with Crippen molar-refractivity contribution in [2.45, 2.75) is 32.9 Å². The third-order valence-corrected chi connectivity index (χ3v) is 4.12. The van der Waals surface area contributed by atoms with Crippen molar-refractivity contribution in [2.75, 3.05) is 11.9 Å². The molecule has 0 saturated carbocycles. The SMILES string of the molecule is CCC(C)NC(=O)COCc1nnc(C(=O)Nc2cccc(F)c2)s1. The fourth-order valence-corrected chi connectivity index (χ4v) is 2.48. The van der Waals surface area contributed by atoms with Crippen LogP contribution in [0.4, 0.5) is 10.1 Å². The van der Waals surface area contributed by atoms with Crippen LogP contribution in [0, 0.1) is 5.82 Å². The van der Waals surface area contributed by atoms with Gasteiger partial charge in [0.2, 0.25) is 10.9 Å². The zero-order chi connectivity index (χ0) is 18.2. The maximum atomic E-state index is 13.1. The molecule has 1 aromatic heterocycles. The van der Waals surface area contributed by atoms with Gasteiger partial charge in [-0.05, 0) is 31.5 Å². The number of rotatable bonds is 8. The minimum Gasteiger partial charge on any atom is -0.364 e. The molecule has 0 fully saturated rings. The minimum atomic E-state index is -0.483. The molecule has 7 nitrogen and oxygen atoms in total. The molecule has 9 heteroatoms. The Bertz CT molecular complexity index is 738. The number of nitrogens with one attached hydrogen (secondary N) is 2. The second-order valence-corrected chi connectivity index (χ2v) is 6.40. The van der Waals surface area contributed by atoms with Gasteiger partial charge in [-0.1, -0.05) is 24.3 Å². The number of hydrogen-bond acceptors (Lipinski definition) is 6. The van der Waals surface area contributed by atoms with Crippen molar-refractivity contribution in [2.24, 2.45) is 0 Å². The number of halogens is 1. The number of benzene rings is 1. The monoisotopic (exact) mass is 366 g/mol. The molecule has 1 aromatic carbocycles. The summed E-state index contributed by atoms with van der Waals surface area (Å²) in [6.07, 6.45) is 0.839. The number of aromatic nitrogens is 2. The second-order valence-electron chi connectivity index (χ2n) is 5.34. The molecule has 2 rings (SSSR count). The summed E-state index contributed by atoms with van der Waals surface area (Å²) < 4.78 is 18.4. The molecule has 2 N–H and O–H groups in total. The quantitative estimate of drug-likeness (QED) is 0.748. The van der Waals surface area contributed by atoms with Crippen LogP contribution in [0.25, 0.3) is 0 Å². The summed E-state index contributed by atoms with van der Waals surface area (Å²) >= 11 is 1.05. The van der Waals surface area contributed by atoms with Crippen molar-refractivity contribution >= 4 is 28.8 Å². The largest absolute Gasteiger partial charge is 0.364 e. The van der Waals surface area contributed by atoms with Gasteiger partial charge in [-0.3, -0.25) is 9.59 Å². The van der Waals surface area contributed by atoms with E-state index in [-0.39, 0.29) is 30.2 Å². The first kappa shape index (κ1) is 18.9. The number of anilines is 1. The van der Waals surface area contributed by atoms with Crippen LogP contribution < -0.4 is 10.6 Å². The number of carbonyl (C=O) groups excluding carboxylic acids is 2. The molecule has 1 heterocycles. The number of ether oxygens (including phenoxy) is 1. The van der Waals surface area contributed by atoms with Gasteiger partial charge >= 0.3 is 0 Å². The summed E-state index contributed by atoms with van der Waals surface area (Å²) in [5, 5.41) is 13.5. The van der Waals surface area contributed by atoms with Gasteiger partial charge in [0.15, 0.2) is 0 Å². The lowest BCUT2D eigenvalue weighted by Crippen LogP contribution is -2.34. The lowest BCUT2D eigenvalue weighted by molar-refractivity contribution is -0.126. The molecule has 0 spiro atoms. The Kier molecular flexibility index (Phi) is 6.96. The summed E-state index contributed by atoms with van der Waals surface area (Å²) in [7, 11) is 0. The summed E-state index contributed by atoms with van der Waals surface area (Å²) in [5.41, 5.74) is 0.333. The molecule has 25 heavy (non-hydrogen) atoms. The number of nitrogens with zero attached hydrogens (tertiary/aromatic N) is 2. The van der Waals surface area contributed by atoms with Gasteiger partial charge in [0.05, 0.1) is 0 Å². The molecule has 1 unspecified atom stereocenters. The highest BCUT2D eigenvalue weighted by atomic mass is 32.1. The van der Waals surface area contributed by atoms with Crippen LogP contribution in [0.1, 0.15) is 35.1 Å². The first-order valence-electron chi connectivity index (χ1n) is 7.74. The molecule has 0 aliphatic heterocycles. The van der Waals surface area contributed by atoms with Crippen LogP contribution in [0.15, 0.2) is 24.3 Å². The van der Waals surface area contributed by atoms with E-state index in [1.165, 1.54) is 18.2 Å². The van der Waals surface area contributed by atoms with Crippen molar-refractivity contribution in [3.63, 3.8) is 0 Å². The molecule has 1 atom stereocenters. The third-order valence-electron chi connectivity index (χ3n) is 3.22. The van der Waals surface area contributed by atoms with Crippen molar-refractivity contribution in [3.05, 3.63) is 40.1 Å². The molecular weight excluding hydrogens is 347 g/mol. The average molecular weight is 366 g/mol. The molecule has 0 aliphatic rings. The van der Waals surface area contributed by atoms with Crippen LogP contribution in [0.2, 0.25) is 0 Å². The molecular formula is C16H19FN4O3S. The van der Waals surface area contributed by atoms with Crippen LogP contribution in [0.5, 0.6) is 0 Å². The topological polar surface area (TPSA) is 93.2 Å². The van der Waals surface area contributed by atoms with E-state index in [1.807, 2.05) is 13.8 Å². The minimum absolute atomic E-state index is 0.0822. The zero-order valence-electron chi connectivity index (χ0n) is 13.9. The van der Waals surface area contributed by atoms with E-state index in [4.69, 9.17) is 4.74 Å². The number of amides is 2. The van der Waals surface area contributed by atoms with E-state index in [9.17, 15) is 14.0 Å². The van der Waals surface area contributed by atoms with Crippen LogP contribution in [0.3, 0.4) is 0 Å². The first-order chi connectivity index (χ1) is 12.0. The van der Waals surface area contributed by atoms with E-state index >= 15 is 0 Å². The van der Waals surface area contributed by atoms with Gasteiger partial charge in [0.25, 0.3) is 5.91 Å². The van der Waals surface area contributed by atoms with Gasteiger partial charge < -0.3 is 15.4 Å². The van der Waals surface area contributed by atoms with E-state index in [1.54, 1.807) is 6.07 Å². The Morgan fingerprint density at radius 1 is 1.36 bits per heavy atom. The number of hydrogen-bond donors (Lipinski definition) is 2. The second kappa shape index (κ2) is 9.19. The fourth-order valence-electron chi connectivity index (χ4n) is 1.80. The Morgan fingerprint density at radius 3 is 2.88 bits per heavy atom. The van der Waals surface area contributed by atoms with E-state index in [0.29, 0.717) is 10.7 Å². The lowest BCUT2D eigenvalue weighted by atomic mass is 10.2. The normalized spacial score (nSPS) is 11.8. The zero-order valence-corrected chi connectivity index (χ0v) is 14.7. The van der Waals surface area contributed by atoms with Crippen molar-refractivity contribution in [1.29, 1.82) is 0 Å². The Balaban J connectivity index is 1.81. The Morgan fingerprint density at radius 2 is 2.16 bits per heavy atom. The number of carbonyl (C=O) groups is 2. The van der Waals surface area contributed by atoms with Crippen molar-refractivity contribution in [3.8, 4) is 0 Å². The Labute approximate surface area is 148 Å². The van der Waals surface area contributed by atoms with Gasteiger partial charge in [0.1, 0.15) is 24.0 Å². The van der Waals surface area contributed by atoms with E-state index in [0.717, 1.165) is 17.8 Å². The van der Waals surface area contributed by atoms with Gasteiger partial charge in [-0.15, -0.1) is 10.2 Å². The maximum absolute atomic E-state index is 13.1. The van der Waals surface area contributed by atoms with Gasteiger partial charge in [0, 0.05) is 11.7 Å². The third kappa shape index (κ3) is 6.20. The maximum Gasteiger partial charge on any atom is 0.286 e. The summed E-state index contributed by atoms with van der Waals surface area (Å²) in [5.74, 6) is -1.13. The molecule has 0 saturated heterocycles.